The Labute approximate surface area is 200 Å². The summed E-state index contributed by atoms with van der Waals surface area (Å²) in [5.74, 6) is -2.06. The average Bonchev–Trinajstić information content (AvgIpc) is 3.27. The zero-order chi connectivity index (χ0) is 25.2. The summed E-state index contributed by atoms with van der Waals surface area (Å²) in [6.45, 7) is 2.49. The van der Waals surface area contributed by atoms with Gasteiger partial charge in [-0.3, -0.25) is 4.79 Å². The second-order valence-corrected chi connectivity index (χ2v) is 8.82. The van der Waals surface area contributed by atoms with Gasteiger partial charge in [-0.15, -0.1) is 0 Å². The number of hydrogen-bond acceptors (Lipinski definition) is 4. The standard InChI is InChI=1S/C24H27F4N5O2/c1-14-18(6-7-20(21(14)25)33-10-8-16(9-11-33)24(26,27)28)31-17-4-2-15(3-5-17)12-29-22(34)19-13-30-23(35)32-19/h2-7,16,19,31H,8-13H2,1H3,(H,29,34)(H2,30,32,35). The van der Waals surface area contributed by atoms with Crippen LogP contribution in [-0.2, 0) is 11.3 Å². The molecule has 4 N–H and O–H groups in total. The molecule has 0 spiro atoms. The molecule has 2 saturated heterocycles. The monoisotopic (exact) mass is 493 g/mol. The van der Waals surface area contributed by atoms with Crippen LogP contribution < -0.4 is 26.2 Å². The van der Waals surface area contributed by atoms with Crippen LogP contribution in [0.3, 0.4) is 0 Å². The van der Waals surface area contributed by atoms with E-state index in [2.05, 4.69) is 21.3 Å². The van der Waals surface area contributed by atoms with Gasteiger partial charge >= 0.3 is 12.2 Å². The van der Waals surface area contributed by atoms with Gasteiger partial charge in [-0.1, -0.05) is 12.1 Å². The second-order valence-electron chi connectivity index (χ2n) is 8.82. The maximum atomic E-state index is 15.1. The Balaban J connectivity index is 1.34. The largest absolute Gasteiger partial charge is 0.391 e. The predicted octanol–water partition coefficient (Wildman–Crippen LogP) is 3.95. The lowest BCUT2D eigenvalue weighted by Crippen LogP contribution is -2.42. The van der Waals surface area contributed by atoms with Crippen LogP contribution >= 0.6 is 0 Å². The van der Waals surface area contributed by atoms with E-state index in [1.807, 2.05) is 12.1 Å². The van der Waals surface area contributed by atoms with E-state index in [0.29, 0.717) is 29.2 Å². The van der Waals surface area contributed by atoms with E-state index >= 15 is 4.39 Å². The molecule has 0 saturated carbocycles. The Morgan fingerprint density at radius 2 is 1.80 bits per heavy atom. The van der Waals surface area contributed by atoms with Gasteiger partial charge < -0.3 is 26.2 Å². The fourth-order valence-electron chi connectivity index (χ4n) is 4.29. The quantitative estimate of drug-likeness (QED) is 0.459. The van der Waals surface area contributed by atoms with Crippen molar-refractivity contribution in [3.05, 3.63) is 53.3 Å². The Morgan fingerprint density at radius 3 is 2.40 bits per heavy atom. The van der Waals surface area contributed by atoms with Crippen molar-refractivity contribution in [1.29, 1.82) is 0 Å². The van der Waals surface area contributed by atoms with Crippen molar-refractivity contribution in [2.75, 3.05) is 29.9 Å². The number of halogens is 4. The van der Waals surface area contributed by atoms with Gasteiger partial charge in [-0.25, -0.2) is 9.18 Å². The fraction of sp³-hybridized carbons (Fsp3) is 0.417. The lowest BCUT2D eigenvalue weighted by molar-refractivity contribution is -0.179. The molecule has 2 aromatic carbocycles. The Bertz CT molecular complexity index is 1080. The summed E-state index contributed by atoms with van der Waals surface area (Å²) < 4.78 is 53.9. The maximum absolute atomic E-state index is 15.1. The summed E-state index contributed by atoms with van der Waals surface area (Å²) in [5.41, 5.74) is 2.81. The average molecular weight is 494 g/mol. The number of benzene rings is 2. The van der Waals surface area contributed by atoms with E-state index in [0.717, 1.165) is 5.56 Å². The number of anilines is 3. The number of rotatable bonds is 6. The molecule has 1 atom stereocenters. The van der Waals surface area contributed by atoms with Crippen LogP contribution in [0.15, 0.2) is 36.4 Å². The Kier molecular flexibility index (Phi) is 7.04. The van der Waals surface area contributed by atoms with Crippen LogP contribution in [-0.4, -0.2) is 43.8 Å². The molecule has 4 rings (SSSR count). The van der Waals surface area contributed by atoms with Crippen LogP contribution in [0.25, 0.3) is 0 Å². The van der Waals surface area contributed by atoms with E-state index in [1.54, 1.807) is 36.1 Å². The lowest BCUT2D eigenvalue weighted by Gasteiger charge is -2.35. The normalized spacial score (nSPS) is 18.7. The first kappa shape index (κ1) is 24.6. The van der Waals surface area contributed by atoms with Gasteiger partial charge in [0.2, 0.25) is 5.91 Å². The van der Waals surface area contributed by atoms with Crippen molar-refractivity contribution in [2.45, 2.75) is 38.5 Å². The van der Waals surface area contributed by atoms with E-state index in [1.165, 1.54) is 0 Å². The molecule has 1 unspecified atom stereocenters. The van der Waals surface area contributed by atoms with Crippen molar-refractivity contribution < 1.29 is 27.2 Å². The van der Waals surface area contributed by atoms with Gasteiger partial charge in [0.05, 0.1) is 11.6 Å². The number of alkyl halides is 3. The summed E-state index contributed by atoms with van der Waals surface area (Å²) in [4.78, 5) is 24.9. The molecule has 35 heavy (non-hydrogen) atoms. The Morgan fingerprint density at radius 1 is 1.11 bits per heavy atom. The third-order valence-corrected chi connectivity index (χ3v) is 6.45. The first-order chi connectivity index (χ1) is 16.6. The highest BCUT2D eigenvalue weighted by atomic mass is 19.4. The molecule has 0 aliphatic carbocycles. The van der Waals surface area contributed by atoms with Crippen molar-refractivity contribution in [2.24, 2.45) is 5.92 Å². The number of nitrogens with one attached hydrogen (secondary N) is 4. The maximum Gasteiger partial charge on any atom is 0.391 e. The van der Waals surface area contributed by atoms with Crippen LogP contribution in [0.2, 0.25) is 0 Å². The van der Waals surface area contributed by atoms with E-state index in [4.69, 9.17) is 0 Å². The summed E-state index contributed by atoms with van der Waals surface area (Å²) in [7, 11) is 0. The summed E-state index contributed by atoms with van der Waals surface area (Å²) >= 11 is 0. The molecule has 3 amide bonds. The SMILES string of the molecule is Cc1c(Nc2ccc(CNC(=O)C3CNC(=O)N3)cc2)ccc(N2CCC(C(F)(F)F)CC2)c1F. The number of carbonyl (C=O) groups is 2. The highest BCUT2D eigenvalue weighted by Gasteiger charge is 2.41. The second kappa shape index (κ2) is 10.0. The molecule has 2 aromatic rings. The third kappa shape index (κ3) is 5.77. The zero-order valence-corrected chi connectivity index (χ0v) is 19.1. The van der Waals surface area contributed by atoms with Crippen molar-refractivity contribution in [3.63, 3.8) is 0 Å². The molecular weight excluding hydrogens is 466 g/mol. The van der Waals surface area contributed by atoms with Gasteiger partial charge in [0.25, 0.3) is 0 Å². The first-order valence-electron chi connectivity index (χ1n) is 11.4. The minimum Gasteiger partial charge on any atom is -0.369 e. The van der Waals surface area contributed by atoms with E-state index < -0.39 is 24.0 Å². The molecule has 188 valence electrons. The van der Waals surface area contributed by atoms with Gasteiger partial charge in [0.1, 0.15) is 6.04 Å². The van der Waals surface area contributed by atoms with E-state index in [9.17, 15) is 22.8 Å². The molecule has 11 heteroatoms. The number of amides is 3. The van der Waals surface area contributed by atoms with Gasteiger partial charge in [0.15, 0.2) is 5.82 Å². The number of urea groups is 1. The number of nitrogens with zero attached hydrogens (tertiary/aromatic N) is 1. The molecule has 0 bridgehead atoms. The summed E-state index contributed by atoms with van der Waals surface area (Å²) in [6, 6.07) is 9.59. The van der Waals surface area contributed by atoms with E-state index in [-0.39, 0.29) is 44.4 Å². The molecule has 2 heterocycles. The molecule has 2 aliphatic rings. The minimum absolute atomic E-state index is 0.0407. The zero-order valence-electron chi connectivity index (χ0n) is 19.1. The van der Waals surface area contributed by atoms with Gasteiger partial charge in [-0.05, 0) is 49.6 Å². The topological polar surface area (TPSA) is 85.5 Å². The molecular formula is C24H27F4N5O2. The number of hydrogen-bond donors (Lipinski definition) is 4. The number of piperidine rings is 1. The van der Waals surface area contributed by atoms with Crippen molar-refractivity contribution >= 4 is 29.0 Å². The van der Waals surface area contributed by atoms with Crippen molar-refractivity contribution in [1.82, 2.24) is 16.0 Å². The fourth-order valence-corrected chi connectivity index (χ4v) is 4.29. The van der Waals surface area contributed by atoms with Crippen LogP contribution in [0, 0.1) is 18.7 Å². The minimum atomic E-state index is -4.21. The van der Waals surface area contributed by atoms with Crippen molar-refractivity contribution in [3.8, 4) is 0 Å². The number of carbonyl (C=O) groups excluding carboxylic acids is 2. The molecule has 0 radical (unpaired) electrons. The van der Waals surface area contributed by atoms with Gasteiger partial charge in [0, 0.05) is 43.1 Å². The lowest BCUT2D eigenvalue weighted by atomic mass is 9.95. The molecule has 2 aliphatic heterocycles. The molecule has 2 fully saturated rings. The highest BCUT2D eigenvalue weighted by molar-refractivity contribution is 5.90. The Hall–Kier alpha value is -3.50. The smallest absolute Gasteiger partial charge is 0.369 e. The predicted molar refractivity (Wildman–Crippen MR) is 124 cm³/mol. The molecule has 7 nitrogen and oxygen atoms in total. The molecule has 0 aromatic heterocycles. The van der Waals surface area contributed by atoms with Crippen LogP contribution in [0.5, 0.6) is 0 Å². The van der Waals surface area contributed by atoms with Gasteiger partial charge in [-0.2, -0.15) is 13.2 Å². The van der Waals surface area contributed by atoms with Crippen LogP contribution in [0.4, 0.5) is 39.4 Å². The third-order valence-electron chi connectivity index (χ3n) is 6.45. The first-order valence-corrected chi connectivity index (χ1v) is 11.4. The summed E-state index contributed by atoms with van der Waals surface area (Å²) in [6.07, 6.45) is -4.29. The van der Waals surface area contributed by atoms with Crippen LogP contribution in [0.1, 0.15) is 24.0 Å². The summed E-state index contributed by atoms with van der Waals surface area (Å²) in [5, 5.41) is 11.0. The highest BCUT2D eigenvalue weighted by Crippen LogP contribution is 2.37.